The first kappa shape index (κ1) is 30.4. The van der Waals surface area contributed by atoms with Crippen molar-refractivity contribution in [3.05, 3.63) is 164 Å². The van der Waals surface area contributed by atoms with E-state index in [0.29, 0.717) is 0 Å². The predicted molar refractivity (Wildman–Crippen MR) is 185 cm³/mol. The molecule has 9 rings (SSSR count). The third kappa shape index (κ3) is 5.78. The Kier molecular flexibility index (Phi) is 8.54. The second kappa shape index (κ2) is 13.2. The number of pyridine rings is 2. The Morgan fingerprint density at radius 3 is 2.19 bits per heavy atom. The minimum Gasteiger partial charge on any atom is -0.503 e. The zero-order valence-electron chi connectivity index (χ0n) is 25.5. The van der Waals surface area contributed by atoms with E-state index in [1.165, 1.54) is 5.56 Å². The molecule has 0 fully saturated rings. The maximum atomic E-state index is 6.55. The molecule has 2 aromatic heterocycles. The number of para-hydroxylation sites is 1. The molecule has 0 atom stereocenters. The molecule has 5 aromatic carbocycles. The summed E-state index contributed by atoms with van der Waals surface area (Å²) in [7, 11) is 0. The van der Waals surface area contributed by atoms with E-state index in [4.69, 9.17) is 14.5 Å². The first-order chi connectivity index (χ1) is 22.7. The van der Waals surface area contributed by atoms with Crippen molar-refractivity contribution < 1.29 is 29.6 Å². The maximum Gasteiger partial charge on any atom is 0.241 e. The van der Waals surface area contributed by atoms with E-state index in [0.717, 1.165) is 73.0 Å². The van der Waals surface area contributed by atoms with Crippen molar-refractivity contribution in [2.45, 2.75) is 6.92 Å². The molecule has 0 N–H and O–H groups in total. The number of ether oxygens (including phenoxy) is 2. The van der Waals surface area contributed by atoms with Gasteiger partial charge < -0.3 is 19.4 Å². The van der Waals surface area contributed by atoms with Crippen molar-refractivity contribution in [1.29, 1.82) is 0 Å². The summed E-state index contributed by atoms with van der Waals surface area (Å²) in [5.74, 6) is 3.37. The van der Waals surface area contributed by atoms with Crippen LogP contribution in [0.25, 0.3) is 33.6 Å². The van der Waals surface area contributed by atoms with Gasteiger partial charge in [0.2, 0.25) is 6.71 Å². The van der Waals surface area contributed by atoms with Crippen molar-refractivity contribution >= 4 is 23.1 Å². The molecule has 0 saturated carbocycles. The van der Waals surface area contributed by atoms with E-state index in [1.54, 1.807) is 6.20 Å². The molecule has 0 amide bonds. The third-order valence-electron chi connectivity index (χ3n) is 8.36. The molecular formula is C41H27BIrN2O2-2. The van der Waals surface area contributed by atoms with E-state index in [-0.39, 0.29) is 26.8 Å². The van der Waals surface area contributed by atoms with E-state index in [9.17, 15) is 0 Å². The first-order valence-corrected chi connectivity index (χ1v) is 15.3. The summed E-state index contributed by atoms with van der Waals surface area (Å²) in [4.78, 5) is 9.01. The normalized spacial score (nSPS) is 11.6. The number of benzene rings is 5. The number of rotatable bonds is 3. The number of aryl methyl sites for hydroxylation is 1. The SMILES string of the molecule is Cc1cnc(-c2[c-]ccc3c2Oc2cccc4c2B3c2ccccc2O4)cc1-c1ccccc1.[Ir].[c-]1ccccc1-c1ccccn1. The van der Waals surface area contributed by atoms with Gasteiger partial charge in [-0.1, -0.05) is 78.4 Å². The fourth-order valence-corrected chi connectivity index (χ4v) is 6.20. The molecule has 0 bridgehead atoms. The third-order valence-corrected chi connectivity index (χ3v) is 8.36. The molecule has 6 heteroatoms. The van der Waals surface area contributed by atoms with E-state index < -0.39 is 0 Å². The van der Waals surface area contributed by atoms with Crippen molar-refractivity contribution in [2.24, 2.45) is 0 Å². The second-order valence-electron chi connectivity index (χ2n) is 11.2. The van der Waals surface area contributed by atoms with Crippen LogP contribution in [-0.4, -0.2) is 16.7 Å². The number of nitrogens with zero attached hydrogens (tertiary/aromatic N) is 2. The molecule has 2 aliphatic heterocycles. The van der Waals surface area contributed by atoms with Gasteiger partial charge in [0.05, 0.1) is 0 Å². The fraction of sp³-hybridized carbons (Fsp3) is 0.0244. The molecular weight excluding hydrogens is 755 g/mol. The second-order valence-corrected chi connectivity index (χ2v) is 11.2. The molecule has 2 aliphatic rings. The van der Waals surface area contributed by atoms with Crippen LogP contribution < -0.4 is 25.9 Å². The molecule has 7 aromatic rings. The molecule has 4 nitrogen and oxygen atoms in total. The first-order valence-electron chi connectivity index (χ1n) is 15.3. The van der Waals surface area contributed by atoms with Gasteiger partial charge in [0, 0.05) is 43.7 Å². The van der Waals surface area contributed by atoms with Crippen LogP contribution in [0.5, 0.6) is 23.0 Å². The quantitative estimate of drug-likeness (QED) is 0.136. The van der Waals surface area contributed by atoms with Crippen LogP contribution >= 0.6 is 0 Å². The largest absolute Gasteiger partial charge is 0.503 e. The van der Waals surface area contributed by atoms with Gasteiger partial charge in [-0.15, -0.1) is 59.6 Å². The molecule has 4 heterocycles. The van der Waals surface area contributed by atoms with Gasteiger partial charge in [-0.2, -0.15) is 0 Å². The smallest absolute Gasteiger partial charge is 0.241 e. The van der Waals surface area contributed by atoms with Crippen LogP contribution in [0.2, 0.25) is 0 Å². The van der Waals surface area contributed by atoms with Crippen LogP contribution in [0.3, 0.4) is 0 Å². The molecule has 1 radical (unpaired) electrons. The van der Waals surface area contributed by atoms with Crippen molar-refractivity contribution in [3.63, 3.8) is 0 Å². The van der Waals surface area contributed by atoms with Gasteiger partial charge in [-0.25, -0.2) is 0 Å². The predicted octanol–water partition coefficient (Wildman–Crippen LogP) is 7.80. The minimum absolute atomic E-state index is 0. The summed E-state index contributed by atoms with van der Waals surface area (Å²) in [6.07, 6.45) is 3.72. The monoisotopic (exact) mass is 783 g/mol. The van der Waals surface area contributed by atoms with Gasteiger partial charge in [-0.05, 0) is 64.7 Å². The van der Waals surface area contributed by atoms with E-state index in [1.807, 2.05) is 91.1 Å². The van der Waals surface area contributed by atoms with Crippen LogP contribution in [0, 0.1) is 19.1 Å². The molecule has 0 unspecified atom stereocenters. The van der Waals surface area contributed by atoms with Gasteiger partial charge in [0.1, 0.15) is 17.2 Å². The van der Waals surface area contributed by atoms with Crippen LogP contribution in [0.1, 0.15) is 5.56 Å². The van der Waals surface area contributed by atoms with Crippen molar-refractivity contribution in [3.8, 4) is 56.6 Å². The summed E-state index contributed by atoms with van der Waals surface area (Å²) in [5, 5.41) is 0. The zero-order chi connectivity index (χ0) is 30.9. The summed E-state index contributed by atoms with van der Waals surface area (Å²) in [6, 6.07) is 51.1. The van der Waals surface area contributed by atoms with Crippen molar-refractivity contribution in [1.82, 2.24) is 9.97 Å². The maximum absolute atomic E-state index is 6.55. The Labute approximate surface area is 288 Å². The summed E-state index contributed by atoms with van der Waals surface area (Å²) in [6.45, 7) is 2.13. The Morgan fingerprint density at radius 1 is 0.617 bits per heavy atom. The standard InChI is InChI=1S/C30H19BNO2.C11H8N.Ir/c1-19-18-32-25(17-22(19)20-9-3-2-4-10-20)21-11-7-13-24-30(21)34-28-16-8-15-27-29(28)31(24)23-12-5-6-14-26(23)33-27;1-2-6-10(7-3-1)11-8-4-5-9-12-11;/h2-10,12-18H,1H3;1-6,8-9H;/q2*-1;. The topological polar surface area (TPSA) is 44.2 Å². The average molecular weight is 783 g/mol. The average Bonchev–Trinajstić information content (AvgIpc) is 3.13. The summed E-state index contributed by atoms with van der Waals surface area (Å²) in [5.41, 5.74) is 10.5. The molecule has 0 saturated heterocycles. The van der Waals surface area contributed by atoms with Gasteiger partial charge in [-0.3, -0.25) is 0 Å². The van der Waals surface area contributed by atoms with Gasteiger partial charge in [0.25, 0.3) is 0 Å². The van der Waals surface area contributed by atoms with E-state index >= 15 is 0 Å². The van der Waals surface area contributed by atoms with Crippen LogP contribution in [0.15, 0.2) is 146 Å². The summed E-state index contributed by atoms with van der Waals surface area (Å²) >= 11 is 0. The van der Waals surface area contributed by atoms with Crippen molar-refractivity contribution in [2.75, 3.05) is 0 Å². The van der Waals surface area contributed by atoms with Crippen LogP contribution in [-0.2, 0) is 20.1 Å². The zero-order valence-corrected chi connectivity index (χ0v) is 27.9. The Balaban J connectivity index is 0.000000228. The number of fused-ring (bicyclic) bond motifs is 4. The van der Waals surface area contributed by atoms with Gasteiger partial charge >= 0.3 is 0 Å². The molecule has 0 spiro atoms. The fourth-order valence-electron chi connectivity index (χ4n) is 6.20. The Morgan fingerprint density at radius 2 is 1.38 bits per heavy atom. The molecule has 47 heavy (non-hydrogen) atoms. The van der Waals surface area contributed by atoms with E-state index in [2.05, 4.69) is 72.6 Å². The number of aromatic nitrogens is 2. The number of hydrogen-bond donors (Lipinski definition) is 0. The number of hydrogen-bond acceptors (Lipinski definition) is 4. The summed E-state index contributed by atoms with van der Waals surface area (Å²) < 4.78 is 12.8. The molecule has 0 aliphatic carbocycles. The Hall–Kier alpha value is -5.29. The molecule has 227 valence electrons. The Bertz CT molecular complexity index is 2140. The minimum atomic E-state index is 0. The van der Waals surface area contributed by atoms with Gasteiger partial charge in [0.15, 0.2) is 0 Å². The van der Waals surface area contributed by atoms with Crippen LogP contribution in [0.4, 0.5) is 0 Å².